The molecule has 0 saturated carbocycles. The lowest BCUT2D eigenvalue weighted by Crippen LogP contribution is -1.92. The molecule has 0 spiro atoms. The Morgan fingerprint density at radius 1 is 1.14 bits per heavy atom. The lowest BCUT2D eigenvalue weighted by Gasteiger charge is -1.99. The van der Waals surface area contributed by atoms with Crippen molar-refractivity contribution in [3.05, 3.63) is 35.4 Å². The standard InChI is InChI=1S/C10H7NO2S/c12-14(13)6-4-8-9(14)2-1-7-3-5-11-10(7)8/h1-6,11H. The van der Waals surface area contributed by atoms with E-state index < -0.39 is 9.84 Å². The highest BCUT2D eigenvalue weighted by atomic mass is 32.2. The molecular formula is C10H7NO2S. The molecule has 1 aromatic carbocycles. The Balaban J connectivity index is 2.56. The van der Waals surface area contributed by atoms with Crippen LogP contribution in [0.2, 0.25) is 0 Å². The lowest BCUT2D eigenvalue weighted by molar-refractivity contribution is 0.605. The Morgan fingerprint density at radius 2 is 2.00 bits per heavy atom. The Morgan fingerprint density at radius 3 is 2.86 bits per heavy atom. The van der Waals surface area contributed by atoms with E-state index in [1.807, 2.05) is 18.3 Å². The van der Waals surface area contributed by atoms with E-state index >= 15 is 0 Å². The van der Waals surface area contributed by atoms with Crippen LogP contribution in [0.5, 0.6) is 0 Å². The van der Waals surface area contributed by atoms with Crippen molar-refractivity contribution in [1.29, 1.82) is 0 Å². The van der Waals surface area contributed by atoms with Crippen molar-refractivity contribution in [2.24, 2.45) is 0 Å². The molecule has 0 radical (unpaired) electrons. The van der Waals surface area contributed by atoms with Crippen LogP contribution in [0.4, 0.5) is 0 Å². The van der Waals surface area contributed by atoms with E-state index in [-0.39, 0.29) is 0 Å². The van der Waals surface area contributed by atoms with Crippen LogP contribution < -0.4 is 0 Å². The van der Waals surface area contributed by atoms with Crippen LogP contribution in [0.25, 0.3) is 17.0 Å². The minimum Gasteiger partial charge on any atom is -0.361 e. The number of benzene rings is 1. The number of aromatic nitrogens is 1. The van der Waals surface area contributed by atoms with E-state index in [0.717, 1.165) is 16.5 Å². The topological polar surface area (TPSA) is 49.9 Å². The molecule has 0 saturated heterocycles. The summed E-state index contributed by atoms with van der Waals surface area (Å²) in [5, 5.41) is 2.28. The molecule has 14 heavy (non-hydrogen) atoms. The van der Waals surface area contributed by atoms with Gasteiger partial charge in [0.1, 0.15) is 0 Å². The van der Waals surface area contributed by atoms with Gasteiger partial charge in [-0.2, -0.15) is 0 Å². The SMILES string of the molecule is O=S1(=O)C=Cc2c1ccc1cc[nH]c21. The lowest BCUT2D eigenvalue weighted by atomic mass is 10.1. The number of sulfone groups is 1. The fourth-order valence-corrected chi connectivity index (χ4v) is 2.97. The maximum absolute atomic E-state index is 11.5. The molecule has 0 amide bonds. The molecule has 0 aliphatic carbocycles. The number of H-pyrrole nitrogens is 1. The number of aromatic amines is 1. The number of hydrogen-bond donors (Lipinski definition) is 1. The molecule has 2 aromatic rings. The van der Waals surface area contributed by atoms with Crippen molar-refractivity contribution in [3.63, 3.8) is 0 Å². The van der Waals surface area contributed by atoms with Crippen molar-refractivity contribution in [1.82, 2.24) is 4.98 Å². The second-order valence-corrected chi connectivity index (χ2v) is 5.07. The van der Waals surface area contributed by atoms with E-state index in [4.69, 9.17) is 0 Å². The summed E-state index contributed by atoms with van der Waals surface area (Å²) in [7, 11) is -3.18. The summed E-state index contributed by atoms with van der Waals surface area (Å²) >= 11 is 0. The molecule has 1 N–H and O–H groups in total. The molecule has 2 heterocycles. The maximum Gasteiger partial charge on any atom is 0.200 e. The third-order valence-electron chi connectivity index (χ3n) is 2.45. The van der Waals surface area contributed by atoms with Gasteiger partial charge >= 0.3 is 0 Å². The van der Waals surface area contributed by atoms with Gasteiger partial charge < -0.3 is 4.98 Å². The summed E-state index contributed by atoms with van der Waals surface area (Å²) in [6.07, 6.45) is 3.45. The molecule has 1 aliphatic rings. The molecule has 1 aromatic heterocycles. The van der Waals surface area contributed by atoms with Gasteiger partial charge in [-0.3, -0.25) is 0 Å². The minimum atomic E-state index is -3.18. The van der Waals surface area contributed by atoms with Gasteiger partial charge in [-0.05, 0) is 18.2 Å². The number of hydrogen-bond acceptors (Lipinski definition) is 2. The molecule has 3 nitrogen and oxygen atoms in total. The smallest absolute Gasteiger partial charge is 0.200 e. The van der Waals surface area contributed by atoms with Crippen LogP contribution in [0.3, 0.4) is 0 Å². The summed E-state index contributed by atoms with van der Waals surface area (Å²) in [5.74, 6) is 0. The fourth-order valence-electron chi connectivity index (χ4n) is 1.78. The van der Waals surface area contributed by atoms with Crippen LogP contribution in [0.15, 0.2) is 34.7 Å². The Labute approximate surface area is 81.0 Å². The van der Waals surface area contributed by atoms with Crippen LogP contribution >= 0.6 is 0 Å². The average Bonchev–Trinajstić information content (AvgIpc) is 2.69. The molecule has 0 unspecified atom stereocenters. The molecule has 4 heteroatoms. The van der Waals surface area contributed by atoms with Gasteiger partial charge in [0.25, 0.3) is 0 Å². The van der Waals surface area contributed by atoms with Crippen molar-refractivity contribution in [2.45, 2.75) is 4.90 Å². The first-order chi connectivity index (χ1) is 6.68. The second kappa shape index (κ2) is 2.27. The Bertz CT molecular complexity index is 650. The van der Waals surface area contributed by atoms with Crippen molar-refractivity contribution < 1.29 is 8.42 Å². The number of nitrogens with one attached hydrogen (secondary N) is 1. The highest BCUT2D eigenvalue weighted by Gasteiger charge is 2.22. The quantitative estimate of drug-likeness (QED) is 0.714. The zero-order chi connectivity index (χ0) is 9.76. The first-order valence-electron chi connectivity index (χ1n) is 4.22. The second-order valence-electron chi connectivity index (χ2n) is 3.27. The molecule has 70 valence electrons. The molecule has 0 bridgehead atoms. The number of fused-ring (bicyclic) bond motifs is 3. The highest BCUT2D eigenvalue weighted by Crippen LogP contribution is 2.31. The van der Waals surface area contributed by atoms with Crippen LogP contribution in [-0.2, 0) is 9.84 Å². The zero-order valence-corrected chi connectivity index (χ0v) is 8.01. The summed E-state index contributed by atoms with van der Waals surface area (Å²) in [4.78, 5) is 3.44. The van der Waals surface area contributed by atoms with E-state index in [2.05, 4.69) is 4.98 Å². The van der Waals surface area contributed by atoms with Gasteiger partial charge in [0, 0.05) is 22.6 Å². The number of rotatable bonds is 0. The van der Waals surface area contributed by atoms with E-state index in [9.17, 15) is 8.42 Å². The summed E-state index contributed by atoms with van der Waals surface area (Å²) in [5.41, 5.74) is 1.66. The first kappa shape index (κ1) is 7.82. The van der Waals surface area contributed by atoms with Crippen molar-refractivity contribution in [2.75, 3.05) is 0 Å². The van der Waals surface area contributed by atoms with Gasteiger partial charge in [0.05, 0.1) is 10.4 Å². The summed E-state index contributed by atoms with van der Waals surface area (Å²) in [6, 6.07) is 5.39. The first-order valence-corrected chi connectivity index (χ1v) is 5.76. The predicted octanol–water partition coefficient (Wildman–Crippen LogP) is 1.93. The predicted molar refractivity (Wildman–Crippen MR) is 54.5 cm³/mol. The van der Waals surface area contributed by atoms with Crippen molar-refractivity contribution in [3.8, 4) is 0 Å². The van der Waals surface area contributed by atoms with Crippen LogP contribution in [0.1, 0.15) is 5.56 Å². The van der Waals surface area contributed by atoms with Gasteiger partial charge in [0.2, 0.25) is 9.84 Å². The van der Waals surface area contributed by atoms with E-state index in [1.165, 1.54) is 5.41 Å². The molecule has 0 atom stereocenters. The normalized spacial score (nSPS) is 17.4. The van der Waals surface area contributed by atoms with Gasteiger partial charge in [-0.15, -0.1) is 0 Å². The monoisotopic (exact) mass is 205 g/mol. The molecule has 1 aliphatic heterocycles. The third-order valence-corrected chi connectivity index (χ3v) is 3.91. The van der Waals surface area contributed by atoms with E-state index in [1.54, 1.807) is 12.1 Å². The van der Waals surface area contributed by atoms with E-state index in [0.29, 0.717) is 4.90 Å². The highest BCUT2D eigenvalue weighted by molar-refractivity contribution is 7.94. The summed E-state index contributed by atoms with van der Waals surface area (Å²) in [6.45, 7) is 0. The Hall–Kier alpha value is -1.55. The Kier molecular flexibility index (Phi) is 1.27. The average molecular weight is 205 g/mol. The van der Waals surface area contributed by atoms with Gasteiger partial charge in [-0.25, -0.2) is 8.42 Å². The van der Waals surface area contributed by atoms with Gasteiger partial charge in [-0.1, -0.05) is 6.07 Å². The van der Waals surface area contributed by atoms with Crippen molar-refractivity contribution >= 4 is 26.8 Å². The zero-order valence-electron chi connectivity index (χ0n) is 7.19. The minimum absolute atomic E-state index is 0.396. The fraction of sp³-hybridized carbons (Fsp3) is 0. The summed E-state index contributed by atoms with van der Waals surface area (Å²) < 4.78 is 23.0. The molecule has 0 fully saturated rings. The van der Waals surface area contributed by atoms with Gasteiger partial charge in [0.15, 0.2) is 0 Å². The molecule has 3 rings (SSSR count). The largest absolute Gasteiger partial charge is 0.361 e. The maximum atomic E-state index is 11.5. The molecular weight excluding hydrogens is 198 g/mol. The van der Waals surface area contributed by atoms with Crippen LogP contribution in [-0.4, -0.2) is 13.4 Å². The third kappa shape index (κ3) is 0.834. The van der Waals surface area contributed by atoms with Crippen LogP contribution in [0, 0.1) is 0 Å².